The Balaban J connectivity index is 1.59. The third-order valence-electron chi connectivity index (χ3n) is 6.60. The van der Waals surface area contributed by atoms with Crippen LogP contribution < -0.4 is 5.32 Å². The molecule has 4 aromatic rings. The van der Waals surface area contributed by atoms with Crippen LogP contribution in [0.5, 0.6) is 0 Å². The van der Waals surface area contributed by atoms with Gasteiger partial charge in [-0.05, 0) is 62.3 Å². The molecule has 2 aromatic heterocycles. The molecule has 0 spiro atoms. The van der Waals surface area contributed by atoms with E-state index in [1.807, 2.05) is 61.5 Å². The number of aryl methyl sites for hydroxylation is 1. The Labute approximate surface area is 209 Å². The van der Waals surface area contributed by atoms with Gasteiger partial charge >= 0.3 is 5.97 Å². The van der Waals surface area contributed by atoms with Gasteiger partial charge in [0.25, 0.3) is 5.91 Å². The van der Waals surface area contributed by atoms with Gasteiger partial charge in [-0.3, -0.25) is 4.79 Å². The average molecular weight is 485 g/mol. The number of pyridine rings is 1. The van der Waals surface area contributed by atoms with Crippen LogP contribution >= 0.6 is 11.3 Å². The highest BCUT2D eigenvalue weighted by molar-refractivity contribution is 7.17. The van der Waals surface area contributed by atoms with E-state index in [1.165, 1.54) is 16.2 Å². The van der Waals surface area contributed by atoms with Crippen LogP contribution in [0.4, 0.5) is 5.00 Å². The van der Waals surface area contributed by atoms with Gasteiger partial charge in [-0.2, -0.15) is 0 Å². The van der Waals surface area contributed by atoms with Crippen LogP contribution in [0, 0.1) is 12.8 Å². The number of thiophene rings is 1. The Hall–Kier alpha value is -3.51. The minimum absolute atomic E-state index is 0.254. The largest absolute Gasteiger partial charge is 0.462 e. The molecule has 1 N–H and O–H groups in total. The van der Waals surface area contributed by atoms with Gasteiger partial charge in [0.1, 0.15) is 5.00 Å². The highest BCUT2D eigenvalue weighted by Crippen LogP contribution is 2.40. The van der Waals surface area contributed by atoms with E-state index in [2.05, 4.69) is 12.2 Å². The molecule has 0 aliphatic heterocycles. The van der Waals surface area contributed by atoms with E-state index in [4.69, 9.17) is 9.72 Å². The molecule has 0 radical (unpaired) electrons. The zero-order valence-corrected chi connectivity index (χ0v) is 21.0. The lowest BCUT2D eigenvalue weighted by Gasteiger charge is -2.18. The minimum Gasteiger partial charge on any atom is -0.462 e. The van der Waals surface area contributed by atoms with Crippen molar-refractivity contribution in [1.29, 1.82) is 0 Å². The second-order valence-corrected chi connectivity index (χ2v) is 10.2. The molecule has 35 heavy (non-hydrogen) atoms. The standard InChI is InChI=1S/C29H28N2O3S/c1-4-34-29(33)26-21-14-13-17(2)15-25(21)35-28(26)31-27(32)22-16-24(19-10-6-5-9-18(19)3)30-23-12-8-7-11-20(22)23/h5-12,16-17H,4,13-15H2,1-3H3,(H,31,32). The van der Waals surface area contributed by atoms with E-state index >= 15 is 0 Å². The Morgan fingerprint density at radius 1 is 1.14 bits per heavy atom. The number of nitrogens with zero attached hydrogens (tertiary/aromatic N) is 1. The normalized spacial score (nSPS) is 15.0. The van der Waals surface area contributed by atoms with Crippen molar-refractivity contribution in [3.63, 3.8) is 0 Å². The fourth-order valence-electron chi connectivity index (χ4n) is 4.79. The summed E-state index contributed by atoms with van der Waals surface area (Å²) < 4.78 is 5.37. The Morgan fingerprint density at radius 2 is 1.91 bits per heavy atom. The summed E-state index contributed by atoms with van der Waals surface area (Å²) in [6, 6.07) is 17.5. The van der Waals surface area contributed by atoms with Gasteiger partial charge in [0.2, 0.25) is 0 Å². The predicted octanol–water partition coefficient (Wildman–Crippen LogP) is 6.83. The van der Waals surface area contributed by atoms with E-state index in [0.29, 0.717) is 28.7 Å². The molecule has 178 valence electrons. The number of carbonyl (C=O) groups is 2. The maximum Gasteiger partial charge on any atom is 0.341 e. The van der Waals surface area contributed by atoms with Crippen LogP contribution in [0.3, 0.4) is 0 Å². The van der Waals surface area contributed by atoms with Crippen molar-refractivity contribution in [2.24, 2.45) is 5.92 Å². The second-order valence-electron chi connectivity index (χ2n) is 9.12. The number of ether oxygens (including phenoxy) is 1. The summed E-state index contributed by atoms with van der Waals surface area (Å²) >= 11 is 1.50. The zero-order valence-electron chi connectivity index (χ0n) is 20.2. The highest BCUT2D eigenvalue weighted by atomic mass is 32.1. The van der Waals surface area contributed by atoms with Gasteiger partial charge in [0, 0.05) is 15.8 Å². The molecule has 0 saturated heterocycles. The molecule has 1 aliphatic rings. The SMILES string of the molecule is CCOC(=O)c1c(NC(=O)c2cc(-c3ccccc3C)nc3ccccc23)sc2c1CCC(C)C2. The third kappa shape index (κ3) is 4.46. The maximum atomic E-state index is 13.7. The molecule has 5 nitrogen and oxygen atoms in total. The van der Waals surface area contributed by atoms with Gasteiger partial charge < -0.3 is 10.1 Å². The quantitative estimate of drug-likeness (QED) is 0.315. The molecule has 5 rings (SSSR count). The van der Waals surface area contributed by atoms with Crippen molar-refractivity contribution >= 4 is 39.1 Å². The number of hydrogen-bond acceptors (Lipinski definition) is 5. The van der Waals surface area contributed by atoms with Crippen LogP contribution in [0.25, 0.3) is 22.2 Å². The summed E-state index contributed by atoms with van der Waals surface area (Å²) in [7, 11) is 0. The number of hydrogen-bond donors (Lipinski definition) is 1. The summed E-state index contributed by atoms with van der Waals surface area (Å²) in [4.78, 5) is 32.6. The number of rotatable bonds is 5. The Bertz CT molecular complexity index is 1440. The van der Waals surface area contributed by atoms with Gasteiger partial charge in [-0.15, -0.1) is 11.3 Å². The lowest BCUT2D eigenvalue weighted by Crippen LogP contribution is -2.17. The first-order valence-electron chi connectivity index (χ1n) is 12.0. The van der Waals surface area contributed by atoms with Crippen LogP contribution in [-0.2, 0) is 17.6 Å². The number of amides is 1. The number of nitrogens with one attached hydrogen (secondary N) is 1. The van der Waals surface area contributed by atoms with Crippen molar-refractivity contribution in [3.8, 4) is 11.3 Å². The van der Waals surface area contributed by atoms with Crippen LogP contribution in [-0.4, -0.2) is 23.5 Å². The molecule has 0 bridgehead atoms. The van der Waals surface area contributed by atoms with Crippen molar-refractivity contribution in [2.75, 3.05) is 11.9 Å². The van der Waals surface area contributed by atoms with E-state index < -0.39 is 0 Å². The van der Waals surface area contributed by atoms with Crippen molar-refractivity contribution < 1.29 is 14.3 Å². The first-order valence-corrected chi connectivity index (χ1v) is 12.9. The molecule has 1 atom stereocenters. The van der Waals surface area contributed by atoms with E-state index in [0.717, 1.165) is 52.5 Å². The summed E-state index contributed by atoms with van der Waals surface area (Å²) in [5.41, 5.74) is 5.65. The Morgan fingerprint density at radius 3 is 2.71 bits per heavy atom. The predicted molar refractivity (Wildman–Crippen MR) is 141 cm³/mol. The maximum absolute atomic E-state index is 13.7. The van der Waals surface area contributed by atoms with Gasteiger partial charge in [0.05, 0.1) is 28.9 Å². The first kappa shape index (κ1) is 23.2. The van der Waals surface area contributed by atoms with Crippen molar-refractivity contribution in [1.82, 2.24) is 4.98 Å². The van der Waals surface area contributed by atoms with Gasteiger partial charge in [-0.25, -0.2) is 9.78 Å². The number of fused-ring (bicyclic) bond motifs is 2. The molecule has 2 heterocycles. The second kappa shape index (κ2) is 9.62. The minimum atomic E-state index is -0.366. The smallest absolute Gasteiger partial charge is 0.341 e. The number of anilines is 1. The lowest BCUT2D eigenvalue weighted by molar-refractivity contribution is 0.0526. The van der Waals surface area contributed by atoms with Crippen LogP contribution in [0.15, 0.2) is 54.6 Å². The molecular weight excluding hydrogens is 456 g/mol. The van der Waals surface area contributed by atoms with Crippen molar-refractivity contribution in [2.45, 2.75) is 40.0 Å². The number of benzene rings is 2. The van der Waals surface area contributed by atoms with Crippen LogP contribution in [0.1, 0.15) is 57.0 Å². The van der Waals surface area contributed by atoms with E-state index in [-0.39, 0.29) is 11.9 Å². The Kier molecular flexibility index (Phi) is 6.39. The van der Waals surface area contributed by atoms with Crippen LogP contribution in [0.2, 0.25) is 0 Å². The summed E-state index contributed by atoms with van der Waals surface area (Å²) in [5.74, 6) is -0.0637. The summed E-state index contributed by atoms with van der Waals surface area (Å²) in [6.45, 7) is 6.35. The number of carbonyl (C=O) groups excluding carboxylic acids is 2. The van der Waals surface area contributed by atoms with E-state index in [1.54, 1.807) is 6.92 Å². The van der Waals surface area contributed by atoms with Crippen molar-refractivity contribution in [3.05, 3.63) is 81.7 Å². The fraction of sp³-hybridized carbons (Fsp3) is 0.276. The fourth-order valence-corrected chi connectivity index (χ4v) is 6.18. The third-order valence-corrected chi connectivity index (χ3v) is 7.77. The number of aromatic nitrogens is 1. The zero-order chi connectivity index (χ0) is 24.5. The molecule has 0 fully saturated rings. The molecule has 2 aromatic carbocycles. The number of esters is 1. The monoisotopic (exact) mass is 484 g/mol. The molecular formula is C29H28N2O3S. The van der Waals surface area contributed by atoms with Gasteiger partial charge in [0.15, 0.2) is 0 Å². The molecule has 6 heteroatoms. The number of para-hydroxylation sites is 1. The van der Waals surface area contributed by atoms with Gasteiger partial charge in [-0.1, -0.05) is 49.4 Å². The molecule has 1 amide bonds. The molecule has 0 saturated carbocycles. The lowest BCUT2D eigenvalue weighted by atomic mass is 9.88. The summed E-state index contributed by atoms with van der Waals surface area (Å²) in [6.07, 6.45) is 2.77. The highest BCUT2D eigenvalue weighted by Gasteiger charge is 2.29. The molecule has 1 unspecified atom stereocenters. The van der Waals surface area contributed by atoms with E-state index in [9.17, 15) is 9.59 Å². The molecule has 1 aliphatic carbocycles. The summed E-state index contributed by atoms with van der Waals surface area (Å²) in [5, 5.41) is 4.42. The topological polar surface area (TPSA) is 68.3 Å². The first-order chi connectivity index (χ1) is 17.0. The average Bonchev–Trinajstić information content (AvgIpc) is 3.20.